The summed E-state index contributed by atoms with van der Waals surface area (Å²) in [6.07, 6.45) is 1.91. The summed E-state index contributed by atoms with van der Waals surface area (Å²) in [5.41, 5.74) is 5.41. The molecule has 4 aromatic rings. The number of aromatic nitrogens is 3. The molecule has 182 valence electrons. The first-order valence-corrected chi connectivity index (χ1v) is 13.0. The van der Waals surface area contributed by atoms with Gasteiger partial charge in [-0.15, -0.1) is 10.2 Å². The summed E-state index contributed by atoms with van der Waals surface area (Å²) in [6, 6.07) is 27.0. The summed E-state index contributed by atoms with van der Waals surface area (Å²) in [4.78, 5) is 9.97. The number of aliphatic imine (C=N–C) groups is 1. The first-order valence-electron chi connectivity index (χ1n) is 12.6. The minimum Gasteiger partial charge on any atom is -0.369 e. The Hall–Kier alpha value is -3.48. The molecular weight excluding hydrogens is 468 g/mol. The van der Waals surface area contributed by atoms with Crippen LogP contribution >= 0.6 is 11.6 Å². The van der Waals surface area contributed by atoms with E-state index in [1.54, 1.807) is 0 Å². The maximum absolute atomic E-state index is 6.44. The highest BCUT2D eigenvalue weighted by molar-refractivity contribution is 6.31. The van der Waals surface area contributed by atoms with Crippen LogP contribution in [0.5, 0.6) is 0 Å². The molecule has 7 heteroatoms. The summed E-state index contributed by atoms with van der Waals surface area (Å²) in [7, 11) is 0. The second-order valence-corrected chi connectivity index (χ2v) is 9.76. The molecule has 0 radical (unpaired) electrons. The van der Waals surface area contributed by atoms with Gasteiger partial charge in [0.2, 0.25) is 0 Å². The Morgan fingerprint density at radius 1 is 0.806 bits per heavy atom. The van der Waals surface area contributed by atoms with E-state index in [4.69, 9.17) is 16.6 Å². The zero-order valence-electron chi connectivity index (χ0n) is 20.2. The van der Waals surface area contributed by atoms with Crippen molar-refractivity contribution in [3.63, 3.8) is 0 Å². The highest BCUT2D eigenvalue weighted by Gasteiger charge is 2.23. The van der Waals surface area contributed by atoms with Crippen molar-refractivity contribution in [3.8, 4) is 5.69 Å². The number of para-hydroxylation sites is 1. The molecule has 0 bridgehead atoms. The third-order valence-electron chi connectivity index (χ3n) is 7.05. The smallest absolute Gasteiger partial charge is 0.159 e. The lowest BCUT2D eigenvalue weighted by Gasteiger charge is -2.36. The number of hydrogen-bond donors (Lipinski definition) is 0. The summed E-state index contributed by atoms with van der Waals surface area (Å²) in [5, 5.41) is 9.80. The maximum Gasteiger partial charge on any atom is 0.159 e. The third-order valence-corrected chi connectivity index (χ3v) is 7.28. The Balaban J connectivity index is 1.16. The van der Waals surface area contributed by atoms with Crippen molar-refractivity contribution in [2.75, 3.05) is 37.6 Å². The van der Waals surface area contributed by atoms with Crippen LogP contribution in [0.1, 0.15) is 29.2 Å². The Morgan fingerprint density at radius 3 is 2.33 bits per heavy atom. The molecule has 0 saturated carbocycles. The fourth-order valence-corrected chi connectivity index (χ4v) is 5.37. The molecule has 1 fully saturated rings. The number of piperazine rings is 1. The van der Waals surface area contributed by atoms with Crippen LogP contribution in [0.15, 0.2) is 83.9 Å². The molecular formula is C29H29ClN6. The molecule has 0 unspecified atom stereocenters. The van der Waals surface area contributed by atoms with Crippen LogP contribution < -0.4 is 4.90 Å². The van der Waals surface area contributed by atoms with E-state index in [0.717, 1.165) is 79.7 Å². The second kappa shape index (κ2) is 10.2. The quantitative estimate of drug-likeness (QED) is 0.376. The standard InChI is InChI=1S/C29H29ClN6/c30-23-13-14-26-25(20-23)29(22-8-3-1-4-9-22)31-21-28-33-32-27(36(26)28)12-7-15-34-16-18-35(19-17-34)24-10-5-2-6-11-24/h1-6,8-11,13-14,20H,7,12,15-19,21H2. The SMILES string of the molecule is Clc1ccc2c(c1)C(c1ccccc1)=NCc1nnc(CCCN3CCN(c4ccccc4)CC3)n1-2. The number of fused-ring (bicyclic) bond motifs is 3. The summed E-state index contributed by atoms with van der Waals surface area (Å²) < 4.78 is 2.19. The van der Waals surface area contributed by atoms with E-state index in [1.807, 2.05) is 30.3 Å². The van der Waals surface area contributed by atoms with Crippen LogP contribution in [-0.2, 0) is 13.0 Å². The molecule has 2 aliphatic heterocycles. The number of anilines is 1. The monoisotopic (exact) mass is 496 g/mol. The summed E-state index contributed by atoms with van der Waals surface area (Å²) in [5.74, 6) is 1.86. The second-order valence-electron chi connectivity index (χ2n) is 9.33. The van der Waals surface area contributed by atoms with Gasteiger partial charge in [0.15, 0.2) is 5.82 Å². The van der Waals surface area contributed by atoms with Crippen molar-refractivity contribution in [1.82, 2.24) is 19.7 Å². The van der Waals surface area contributed by atoms with Gasteiger partial charge in [-0.05, 0) is 43.3 Å². The normalized spacial score (nSPS) is 15.7. The molecule has 1 saturated heterocycles. The van der Waals surface area contributed by atoms with Gasteiger partial charge in [-0.1, -0.05) is 60.1 Å². The topological polar surface area (TPSA) is 49.6 Å². The predicted octanol–water partition coefficient (Wildman–Crippen LogP) is 5.03. The van der Waals surface area contributed by atoms with Crippen LogP contribution in [0.3, 0.4) is 0 Å². The molecule has 3 aromatic carbocycles. The average molecular weight is 497 g/mol. The van der Waals surface area contributed by atoms with Gasteiger partial charge in [0, 0.05) is 54.4 Å². The van der Waals surface area contributed by atoms with E-state index >= 15 is 0 Å². The highest BCUT2D eigenvalue weighted by atomic mass is 35.5. The molecule has 6 rings (SSSR count). The van der Waals surface area contributed by atoms with E-state index in [1.165, 1.54) is 5.69 Å². The molecule has 0 aliphatic carbocycles. The average Bonchev–Trinajstić information content (AvgIpc) is 3.25. The fourth-order valence-electron chi connectivity index (χ4n) is 5.20. The molecule has 0 spiro atoms. The van der Waals surface area contributed by atoms with Gasteiger partial charge in [0.1, 0.15) is 12.4 Å². The largest absolute Gasteiger partial charge is 0.369 e. The van der Waals surface area contributed by atoms with Crippen molar-refractivity contribution in [3.05, 3.63) is 107 Å². The van der Waals surface area contributed by atoms with Crippen molar-refractivity contribution in [2.45, 2.75) is 19.4 Å². The number of nitrogens with zero attached hydrogens (tertiary/aromatic N) is 6. The van der Waals surface area contributed by atoms with E-state index in [0.29, 0.717) is 11.6 Å². The van der Waals surface area contributed by atoms with Crippen LogP contribution in [0.4, 0.5) is 5.69 Å². The number of hydrogen-bond acceptors (Lipinski definition) is 5. The fraction of sp³-hybridized carbons (Fsp3) is 0.276. The van der Waals surface area contributed by atoms with Crippen molar-refractivity contribution in [1.29, 1.82) is 0 Å². The first-order chi connectivity index (χ1) is 17.8. The number of benzene rings is 3. The van der Waals surface area contributed by atoms with Gasteiger partial charge in [-0.2, -0.15) is 0 Å². The molecule has 6 nitrogen and oxygen atoms in total. The van der Waals surface area contributed by atoms with Crippen LogP contribution in [0, 0.1) is 0 Å². The van der Waals surface area contributed by atoms with Gasteiger partial charge in [-0.3, -0.25) is 14.5 Å². The molecule has 3 heterocycles. The number of rotatable bonds is 6. The molecule has 36 heavy (non-hydrogen) atoms. The highest BCUT2D eigenvalue weighted by Crippen LogP contribution is 2.28. The maximum atomic E-state index is 6.44. The molecule has 0 N–H and O–H groups in total. The number of halogens is 1. The lowest BCUT2D eigenvalue weighted by atomic mass is 10.0. The van der Waals surface area contributed by atoms with Crippen molar-refractivity contribution in [2.24, 2.45) is 4.99 Å². The van der Waals surface area contributed by atoms with Crippen molar-refractivity contribution < 1.29 is 0 Å². The lowest BCUT2D eigenvalue weighted by molar-refractivity contribution is 0.254. The Labute approximate surface area is 216 Å². The Morgan fingerprint density at radius 2 is 1.56 bits per heavy atom. The minimum atomic E-state index is 0.491. The van der Waals surface area contributed by atoms with E-state index in [-0.39, 0.29) is 0 Å². The number of aryl methyl sites for hydroxylation is 1. The van der Waals surface area contributed by atoms with E-state index in [2.05, 4.69) is 73.1 Å². The first kappa shape index (κ1) is 23.0. The van der Waals surface area contributed by atoms with Gasteiger partial charge in [0.25, 0.3) is 0 Å². The minimum absolute atomic E-state index is 0.491. The van der Waals surface area contributed by atoms with Gasteiger partial charge >= 0.3 is 0 Å². The molecule has 1 aromatic heterocycles. The molecule has 0 atom stereocenters. The van der Waals surface area contributed by atoms with Gasteiger partial charge in [0.05, 0.1) is 11.4 Å². The van der Waals surface area contributed by atoms with Crippen LogP contribution in [0.2, 0.25) is 5.02 Å². The third kappa shape index (κ3) is 4.66. The van der Waals surface area contributed by atoms with Gasteiger partial charge < -0.3 is 4.90 Å². The van der Waals surface area contributed by atoms with Crippen LogP contribution in [0.25, 0.3) is 5.69 Å². The Kier molecular flexibility index (Phi) is 6.53. The van der Waals surface area contributed by atoms with Gasteiger partial charge in [-0.25, -0.2) is 0 Å². The van der Waals surface area contributed by atoms with Crippen LogP contribution in [-0.4, -0.2) is 58.1 Å². The van der Waals surface area contributed by atoms with Crippen molar-refractivity contribution >= 4 is 23.0 Å². The summed E-state index contributed by atoms with van der Waals surface area (Å²) >= 11 is 6.44. The Bertz CT molecular complexity index is 1360. The molecule has 2 aliphatic rings. The zero-order valence-corrected chi connectivity index (χ0v) is 21.0. The molecule has 0 amide bonds. The predicted molar refractivity (Wildman–Crippen MR) is 146 cm³/mol. The zero-order chi connectivity index (χ0) is 24.3. The van der Waals surface area contributed by atoms with E-state index < -0.39 is 0 Å². The summed E-state index contributed by atoms with van der Waals surface area (Å²) in [6.45, 7) is 5.86. The van der Waals surface area contributed by atoms with E-state index in [9.17, 15) is 0 Å². The lowest BCUT2D eigenvalue weighted by Crippen LogP contribution is -2.46.